The van der Waals surface area contributed by atoms with Gasteiger partial charge in [0.1, 0.15) is 6.61 Å². The highest BCUT2D eigenvalue weighted by atomic mass is 16.5. The lowest BCUT2D eigenvalue weighted by atomic mass is 10.2. The maximum atomic E-state index is 12.1. The molecule has 2 aliphatic rings. The zero-order chi connectivity index (χ0) is 17.8. The Labute approximate surface area is 153 Å². The summed E-state index contributed by atoms with van der Waals surface area (Å²) >= 11 is 0. The molecule has 26 heavy (non-hydrogen) atoms. The fraction of sp³-hybridized carbons (Fsp3) is 0.526. The molecule has 4 rings (SSSR count). The van der Waals surface area contributed by atoms with E-state index in [2.05, 4.69) is 15.0 Å². The molecule has 138 valence electrons. The van der Waals surface area contributed by atoms with Crippen LogP contribution >= 0.6 is 0 Å². The number of carbonyl (C=O) groups excluding carboxylic acids is 1. The predicted molar refractivity (Wildman–Crippen MR) is 96.2 cm³/mol. The van der Waals surface area contributed by atoms with Crippen molar-refractivity contribution in [1.82, 2.24) is 24.6 Å². The molecule has 0 bridgehead atoms. The minimum absolute atomic E-state index is 0.101. The summed E-state index contributed by atoms with van der Waals surface area (Å²) in [7, 11) is 0. The number of rotatable bonds is 6. The van der Waals surface area contributed by atoms with Gasteiger partial charge in [-0.25, -0.2) is 0 Å². The van der Waals surface area contributed by atoms with Crippen LogP contribution in [0.1, 0.15) is 30.3 Å². The first kappa shape index (κ1) is 17.2. The van der Waals surface area contributed by atoms with Gasteiger partial charge in [0.05, 0.1) is 24.0 Å². The van der Waals surface area contributed by atoms with Gasteiger partial charge < -0.3 is 9.64 Å². The Bertz CT molecular complexity index is 727. The van der Waals surface area contributed by atoms with E-state index in [0.717, 1.165) is 51.3 Å². The van der Waals surface area contributed by atoms with Crippen molar-refractivity contribution in [1.29, 1.82) is 0 Å². The zero-order valence-electron chi connectivity index (χ0n) is 15.0. The number of ether oxygens (including phenoxy) is 1. The average molecular weight is 355 g/mol. The van der Waals surface area contributed by atoms with Gasteiger partial charge in [0, 0.05) is 45.1 Å². The number of nitrogens with zero attached hydrogens (tertiary/aromatic N) is 5. The zero-order valence-corrected chi connectivity index (χ0v) is 15.0. The third kappa shape index (κ3) is 3.94. The van der Waals surface area contributed by atoms with E-state index in [0.29, 0.717) is 6.61 Å². The van der Waals surface area contributed by atoms with Crippen molar-refractivity contribution in [2.75, 3.05) is 32.8 Å². The molecule has 4 heterocycles. The lowest BCUT2D eigenvalue weighted by Crippen LogP contribution is -2.40. The molecule has 2 aliphatic heterocycles. The Balaban J connectivity index is 1.35. The fourth-order valence-corrected chi connectivity index (χ4v) is 3.77. The summed E-state index contributed by atoms with van der Waals surface area (Å²) in [4.78, 5) is 20.8. The molecular formula is C19H25N5O2. The van der Waals surface area contributed by atoms with Gasteiger partial charge in [-0.2, -0.15) is 5.10 Å². The van der Waals surface area contributed by atoms with Gasteiger partial charge in [-0.3, -0.25) is 19.4 Å². The van der Waals surface area contributed by atoms with Crippen molar-refractivity contribution in [2.45, 2.75) is 32.0 Å². The first-order valence-corrected chi connectivity index (χ1v) is 9.30. The summed E-state index contributed by atoms with van der Waals surface area (Å²) in [5.74, 6) is 0.101. The molecule has 7 heteroatoms. The van der Waals surface area contributed by atoms with E-state index in [4.69, 9.17) is 4.74 Å². The highest BCUT2D eigenvalue weighted by molar-refractivity contribution is 5.77. The second-order valence-electron chi connectivity index (χ2n) is 7.01. The largest absolute Gasteiger partial charge is 0.369 e. The molecule has 1 unspecified atom stereocenters. The predicted octanol–water partition coefficient (Wildman–Crippen LogP) is 1.47. The lowest BCUT2D eigenvalue weighted by molar-refractivity contribution is -0.135. The van der Waals surface area contributed by atoms with Crippen LogP contribution in [0.15, 0.2) is 36.7 Å². The van der Waals surface area contributed by atoms with Crippen molar-refractivity contribution in [3.63, 3.8) is 0 Å². The van der Waals surface area contributed by atoms with Crippen LogP contribution in [-0.4, -0.2) is 63.3 Å². The molecule has 2 aromatic heterocycles. The Morgan fingerprint density at radius 2 is 2.08 bits per heavy atom. The van der Waals surface area contributed by atoms with E-state index in [9.17, 15) is 4.79 Å². The van der Waals surface area contributed by atoms with Gasteiger partial charge >= 0.3 is 0 Å². The van der Waals surface area contributed by atoms with E-state index < -0.39 is 0 Å². The van der Waals surface area contributed by atoms with Crippen molar-refractivity contribution in [2.24, 2.45) is 0 Å². The monoisotopic (exact) mass is 355 g/mol. The minimum atomic E-state index is 0.101. The average Bonchev–Trinajstić information content (AvgIpc) is 3.34. The Hall–Kier alpha value is -2.25. The van der Waals surface area contributed by atoms with Crippen molar-refractivity contribution < 1.29 is 9.53 Å². The summed E-state index contributed by atoms with van der Waals surface area (Å²) in [5, 5.41) is 4.45. The first-order chi connectivity index (χ1) is 12.8. The van der Waals surface area contributed by atoms with Gasteiger partial charge in [-0.05, 0) is 31.0 Å². The first-order valence-electron chi connectivity index (χ1n) is 9.30. The highest BCUT2D eigenvalue weighted by Crippen LogP contribution is 2.22. The molecule has 0 radical (unpaired) electrons. The summed E-state index contributed by atoms with van der Waals surface area (Å²) in [5.41, 5.74) is 2.23. The molecule has 1 atom stereocenters. The van der Waals surface area contributed by atoms with Gasteiger partial charge in [0.15, 0.2) is 0 Å². The van der Waals surface area contributed by atoms with Gasteiger partial charge in [-0.15, -0.1) is 0 Å². The molecular weight excluding hydrogens is 330 g/mol. The number of likely N-dealkylation sites (tertiary alicyclic amines) is 1. The van der Waals surface area contributed by atoms with Crippen LogP contribution in [0.25, 0.3) is 0 Å². The number of pyridine rings is 1. The summed E-state index contributed by atoms with van der Waals surface area (Å²) in [6, 6.07) is 8.16. The SMILES string of the molecule is O=C(COCC1CN(Cc2ccccn2)Cc2ccnn21)N1CCCC1. The second kappa shape index (κ2) is 7.97. The van der Waals surface area contributed by atoms with E-state index in [1.807, 2.05) is 46.2 Å². The van der Waals surface area contributed by atoms with Crippen molar-refractivity contribution in [3.05, 3.63) is 48.0 Å². The van der Waals surface area contributed by atoms with Crippen LogP contribution in [0.5, 0.6) is 0 Å². The van der Waals surface area contributed by atoms with Crippen molar-refractivity contribution >= 4 is 5.91 Å². The standard InChI is InChI=1S/C19H25N5O2/c25-19(23-9-3-4-10-23)15-26-14-18-13-22(11-16-5-1-2-7-20-16)12-17-6-8-21-24(17)18/h1-2,5-8,18H,3-4,9-15H2. The molecule has 1 saturated heterocycles. The third-order valence-corrected chi connectivity index (χ3v) is 5.06. The van der Waals surface area contributed by atoms with Crippen LogP contribution in [0, 0.1) is 0 Å². The topological polar surface area (TPSA) is 63.5 Å². The highest BCUT2D eigenvalue weighted by Gasteiger charge is 2.26. The smallest absolute Gasteiger partial charge is 0.248 e. The molecule has 0 N–H and O–H groups in total. The molecule has 1 amide bonds. The van der Waals surface area contributed by atoms with E-state index in [-0.39, 0.29) is 18.6 Å². The summed E-state index contributed by atoms with van der Waals surface area (Å²) in [6.07, 6.45) is 5.87. The molecule has 2 aromatic rings. The number of hydrogen-bond donors (Lipinski definition) is 0. The summed E-state index contributed by atoms with van der Waals surface area (Å²) < 4.78 is 7.81. The number of amides is 1. The lowest BCUT2D eigenvalue weighted by Gasteiger charge is -2.33. The number of fused-ring (bicyclic) bond motifs is 1. The quantitative estimate of drug-likeness (QED) is 0.785. The van der Waals surface area contributed by atoms with Crippen LogP contribution in [-0.2, 0) is 22.6 Å². The molecule has 0 saturated carbocycles. The third-order valence-electron chi connectivity index (χ3n) is 5.06. The van der Waals surface area contributed by atoms with Gasteiger partial charge in [0.2, 0.25) is 5.91 Å². The fourth-order valence-electron chi connectivity index (χ4n) is 3.77. The normalized spacial score (nSPS) is 20.3. The van der Waals surface area contributed by atoms with E-state index in [1.54, 1.807) is 0 Å². The van der Waals surface area contributed by atoms with Gasteiger partial charge in [0.25, 0.3) is 0 Å². The molecule has 0 aromatic carbocycles. The molecule has 0 spiro atoms. The maximum Gasteiger partial charge on any atom is 0.248 e. The Morgan fingerprint density at radius 1 is 1.19 bits per heavy atom. The minimum Gasteiger partial charge on any atom is -0.369 e. The number of hydrogen-bond acceptors (Lipinski definition) is 5. The van der Waals surface area contributed by atoms with E-state index in [1.165, 1.54) is 5.69 Å². The van der Waals surface area contributed by atoms with Crippen LogP contribution in [0.4, 0.5) is 0 Å². The maximum absolute atomic E-state index is 12.1. The molecule has 0 aliphatic carbocycles. The Kier molecular flexibility index (Phi) is 5.26. The molecule has 7 nitrogen and oxygen atoms in total. The second-order valence-corrected chi connectivity index (χ2v) is 7.01. The summed E-state index contributed by atoms with van der Waals surface area (Å²) in [6.45, 7) is 4.87. The number of aromatic nitrogens is 3. The van der Waals surface area contributed by atoms with Crippen LogP contribution in [0.2, 0.25) is 0 Å². The molecule has 1 fully saturated rings. The van der Waals surface area contributed by atoms with Crippen LogP contribution in [0.3, 0.4) is 0 Å². The van der Waals surface area contributed by atoms with Gasteiger partial charge in [-0.1, -0.05) is 6.07 Å². The Morgan fingerprint density at radius 3 is 2.88 bits per heavy atom. The van der Waals surface area contributed by atoms with E-state index >= 15 is 0 Å². The van der Waals surface area contributed by atoms with Crippen LogP contribution < -0.4 is 0 Å². The number of carbonyl (C=O) groups is 1. The van der Waals surface area contributed by atoms with Crippen molar-refractivity contribution in [3.8, 4) is 0 Å².